The Bertz CT molecular complexity index is 461. The predicted octanol–water partition coefficient (Wildman–Crippen LogP) is 0.842. The topological polar surface area (TPSA) is 84.3 Å². The van der Waals surface area contributed by atoms with Gasteiger partial charge < -0.3 is 14.9 Å². The van der Waals surface area contributed by atoms with Crippen molar-refractivity contribution in [2.45, 2.75) is 30.4 Å². The summed E-state index contributed by atoms with van der Waals surface area (Å²) in [5.41, 5.74) is -1.39. The number of alkyl halides is 1. The average Bonchev–Trinajstić information content (AvgIpc) is 2.60. The molecule has 0 amide bonds. The maximum atomic E-state index is 12.0. The van der Waals surface area contributed by atoms with E-state index in [-0.39, 0.29) is 12.2 Å². The van der Waals surface area contributed by atoms with Crippen LogP contribution in [0.5, 0.6) is 0 Å². The number of halogens is 1. The molecule has 0 aromatic carbocycles. The Morgan fingerprint density at radius 2 is 2.29 bits per heavy atom. The molecule has 0 aliphatic rings. The Hall–Kier alpha value is -0.830. The van der Waals surface area contributed by atoms with Gasteiger partial charge in [0.1, 0.15) is 9.67 Å². The van der Waals surface area contributed by atoms with Gasteiger partial charge in [-0.05, 0) is 43.4 Å². The Morgan fingerprint density at radius 1 is 1.71 bits per heavy atom. The Labute approximate surface area is 112 Å². The highest BCUT2D eigenvalue weighted by atomic mass is 127. The molecular formula is C10H15IN2O4. The average molecular weight is 354 g/mol. The molecule has 17 heavy (non-hydrogen) atoms. The van der Waals surface area contributed by atoms with Crippen LogP contribution in [0.3, 0.4) is 0 Å². The van der Waals surface area contributed by atoms with Crippen molar-refractivity contribution < 1.29 is 14.6 Å². The standard InChI is InChI=1S/C10H15IN2O4/c1-4-17-8(15)6-5-12-13(7(6)14)10(2,3)9(11)16/h5,9,12,16H,4H2,1-3H3. The van der Waals surface area contributed by atoms with Crippen LogP contribution < -0.4 is 5.56 Å². The van der Waals surface area contributed by atoms with Crippen molar-refractivity contribution in [2.24, 2.45) is 0 Å². The number of aliphatic hydroxyl groups excluding tert-OH is 1. The number of hydrogen-bond donors (Lipinski definition) is 2. The highest BCUT2D eigenvalue weighted by Crippen LogP contribution is 2.22. The van der Waals surface area contributed by atoms with Gasteiger partial charge in [0.25, 0.3) is 5.56 Å². The van der Waals surface area contributed by atoms with Gasteiger partial charge in [0, 0.05) is 6.20 Å². The van der Waals surface area contributed by atoms with Gasteiger partial charge in [-0.3, -0.25) is 4.79 Å². The van der Waals surface area contributed by atoms with E-state index in [1.54, 1.807) is 20.8 Å². The van der Waals surface area contributed by atoms with E-state index in [1.165, 1.54) is 10.9 Å². The van der Waals surface area contributed by atoms with E-state index in [4.69, 9.17) is 4.74 Å². The molecule has 96 valence electrons. The van der Waals surface area contributed by atoms with Crippen LogP contribution in [0.4, 0.5) is 0 Å². The number of nitrogens with one attached hydrogen (secondary N) is 1. The summed E-state index contributed by atoms with van der Waals surface area (Å²) in [6.45, 7) is 5.26. The van der Waals surface area contributed by atoms with E-state index in [9.17, 15) is 14.7 Å². The Morgan fingerprint density at radius 3 is 2.76 bits per heavy atom. The number of hydrogen-bond acceptors (Lipinski definition) is 4. The van der Waals surface area contributed by atoms with E-state index in [0.717, 1.165) is 0 Å². The largest absolute Gasteiger partial charge is 0.462 e. The molecular weight excluding hydrogens is 339 g/mol. The number of carbonyl (C=O) groups is 1. The van der Waals surface area contributed by atoms with Crippen LogP contribution in [-0.4, -0.2) is 31.6 Å². The smallest absolute Gasteiger partial charge is 0.345 e. The summed E-state index contributed by atoms with van der Waals surface area (Å²) in [5, 5.41) is 12.3. The summed E-state index contributed by atoms with van der Waals surface area (Å²) in [7, 11) is 0. The monoisotopic (exact) mass is 354 g/mol. The van der Waals surface area contributed by atoms with E-state index >= 15 is 0 Å². The Balaban J connectivity index is 3.16. The molecule has 0 aliphatic heterocycles. The van der Waals surface area contributed by atoms with Gasteiger partial charge in [0.2, 0.25) is 0 Å². The van der Waals surface area contributed by atoms with E-state index in [0.29, 0.717) is 0 Å². The third-order valence-corrected chi connectivity index (χ3v) is 3.95. The lowest BCUT2D eigenvalue weighted by molar-refractivity contribution is 0.0523. The summed E-state index contributed by atoms with van der Waals surface area (Å²) in [6.07, 6.45) is 1.29. The van der Waals surface area contributed by atoms with Gasteiger partial charge in [-0.2, -0.15) is 0 Å². The Kier molecular flexibility index (Phi) is 4.36. The van der Waals surface area contributed by atoms with E-state index in [2.05, 4.69) is 5.10 Å². The van der Waals surface area contributed by atoms with Crippen LogP contribution in [-0.2, 0) is 10.3 Å². The summed E-state index contributed by atoms with van der Waals surface area (Å²) >= 11 is 1.81. The first-order valence-corrected chi connectivity index (χ1v) is 6.37. The summed E-state index contributed by atoms with van der Waals surface area (Å²) in [6, 6.07) is 0. The summed E-state index contributed by atoms with van der Waals surface area (Å²) in [5.74, 6) is -0.661. The van der Waals surface area contributed by atoms with Gasteiger partial charge >= 0.3 is 5.97 Å². The lowest BCUT2D eigenvalue weighted by atomic mass is 10.1. The van der Waals surface area contributed by atoms with Crippen molar-refractivity contribution in [2.75, 3.05) is 6.61 Å². The third-order valence-electron chi connectivity index (χ3n) is 2.43. The molecule has 1 heterocycles. The van der Waals surface area contributed by atoms with Crippen molar-refractivity contribution in [1.82, 2.24) is 9.78 Å². The summed E-state index contributed by atoms with van der Waals surface area (Å²) in [4.78, 5) is 23.4. The van der Waals surface area contributed by atoms with Gasteiger partial charge in [0.15, 0.2) is 0 Å². The number of aliphatic hydroxyl groups is 1. The molecule has 1 unspecified atom stereocenters. The number of aromatic amines is 1. The van der Waals surface area contributed by atoms with Crippen LogP contribution in [0.15, 0.2) is 11.0 Å². The first kappa shape index (κ1) is 14.2. The minimum absolute atomic E-state index is 0.0584. The minimum atomic E-state index is -0.831. The van der Waals surface area contributed by atoms with Crippen LogP contribution >= 0.6 is 22.6 Å². The fourth-order valence-electron chi connectivity index (χ4n) is 1.26. The van der Waals surface area contributed by atoms with Crippen LogP contribution in [0, 0.1) is 0 Å². The highest BCUT2D eigenvalue weighted by Gasteiger charge is 2.31. The second-order valence-corrected chi connectivity index (χ2v) is 5.22. The SMILES string of the molecule is CCOC(=O)c1c[nH]n(C(C)(C)C(O)I)c1=O. The molecule has 0 fully saturated rings. The molecule has 0 bridgehead atoms. The number of nitrogens with zero attached hydrogens (tertiary/aromatic N) is 1. The molecule has 1 atom stereocenters. The van der Waals surface area contributed by atoms with Crippen LogP contribution in [0.25, 0.3) is 0 Å². The number of esters is 1. The molecule has 1 rings (SSSR count). The number of rotatable bonds is 4. The maximum Gasteiger partial charge on any atom is 0.345 e. The molecule has 7 heteroatoms. The second-order valence-electron chi connectivity index (χ2n) is 4.04. The predicted molar refractivity (Wildman–Crippen MR) is 70.4 cm³/mol. The highest BCUT2D eigenvalue weighted by molar-refractivity contribution is 14.1. The van der Waals surface area contributed by atoms with Gasteiger partial charge in [0.05, 0.1) is 12.1 Å². The fraction of sp³-hybridized carbons (Fsp3) is 0.600. The zero-order chi connectivity index (χ0) is 13.2. The summed E-state index contributed by atoms with van der Waals surface area (Å²) < 4.78 is 5.21. The maximum absolute atomic E-state index is 12.0. The molecule has 1 aromatic heterocycles. The van der Waals surface area contributed by atoms with Crippen molar-refractivity contribution in [3.05, 3.63) is 22.1 Å². The number of ether oxygens (including phenoxy) is 1. The fourth-order valence-corrected chi connectivity index (χ4v) is 1.54. The van der Waals surface area contributed by atoms with E-state index < -0.39 is 21.2 Å². The van der Waals surface area contributed by atoms with Crippen LogP contribution in [0.2, 0.25) is 0 Å². The zero-order valence-corrected chi connectivity index (χ0v) is 12.0. The molecule has 0 radical (unpaired) electrons. The molecule has 0 saturated heterocycles. The van der Waals surface area contributed by atoms with Gasteiger partial charge in [-0.25, -0.2) is 9.48 Å². The number of carbonyl (C=O) groups excluding carboxylic acids is 1. The second kappa shape index (κ2) is 5.21. The quantitative estimate of drug-likeness (QED) is 0.477. The van der Waals surface area contributed by atoms with Gasteiger partial charge in [-0.1, -0.05) is 0 Å². The molecule has 6 nitrogen and oxygen atoms in total. The van der Waals surface area contributed by atoms with Crippen LogP contribution in [0.1, 0.15) is 31.1 Å². The lowest BCUT2D eigenvalue weighted by Gasteiger charge is -2.27. The first-order valence-electron chi connectivity index (χ1n) is 5.12. The first-order chi connectivity index (χ1) is 7.82. The van der Waals surface area contributed by atoms with Crippen molar-refractivity contribution in [3.8, 4) is 0 Å². The number of H-pyrrole nitrogens is 1. The number of aromatic nitrogens is 2. The third kappa shape index (κ3) is 2.71. The molecule has 0 spiro atoms. The normalized spacial score (nSPS) is 13.5. The molecule has 0 aliphatic carbocycles. The van der Waals surface area contributed by atoms with Gasteiger partial charge in [-0.15, -0.1) is 0 Å². The van der Waals surface area contributed by atoms with Crippen molar-refractivity contribution in [1.29, 1.82) is 0 Å². The zero-order valence-electron chi connectivity index (χ0n) is 9.86. The van der Waals surface area contributed by atoms with Crippen molar-refractivity contribution >= 4 is 28.6 Å². The molecule has 1 aromatic rings. The molecule has 0 saturated carbocycles. The lowest BCUT2D eigenvalue weighted by Crippen LogP contribution is -2.43. The van der Waals surface area contributed by atoms with Crippen molar-refractivity contribution in [3.63, 3.8) is 0 Å². The minimum Gasteiger partial charge on any atom is -0.462 e. The van der Waals surface area contributed by atoms with E-state index in [1.807, 2.05) is 22.6 Å². The molecule has 2 N–H and O–H groups in total.